The minimum atomic E-state index is -0.118. The minimum absolute atomic E-state index is 0.118. The Bertz CT molecular complexity index is 380. The Morgan fingerprint density at radius 2 is 2.44 bits per heavy atom. The van der Waals surface area contributed by atoms with Gasteiger partial charge < -0.3 is 10.1 Å². The van der Waals surface area contributed by atoms with Crippen molar-refractivity contribution in [2.24, 2.45) is 5.92 Å². The molecule has 0 radical (unpaired) electrons. The highest BCUT2D eigenvalue weighted by Gasteiger charge is 2.39. The lowest BCUT2D eigenvalue weighted by Crippen LogP contribution is -2.34. The zero-order valence-corrected chi connectivity index (χ0v) is 12.5. The largest absolute Gasteiger partial charge is 0.371 e. The number of methoxy groups -OCH3 is 1. The predicted octanol–water partition coefficient (Wildman–Crippen LogP) is 3.30. The van der Waals surface area contributed by atoms with Crippen LogP contribution < -0.4 is 5.32 Å². The van der Waals surface area contributed by atoms with Crippen LogP contribution in [0.1, 0.15) is 50.2 Å². The van der Waals surface area contributed by atoms with Crippen LogP contribution in [0.25, 0.3) is 0 Å². The molecule has 1 aliphatic carbocycles. The van der Waals surface area contributed by atoms with E-state index in [2.05, 4.69) is 24.5 Å². The van der Waals surface area contributed by atoms with Gasteiger partial charge in [-0.3, -0.25) is 0 Å². The van der Waals surface area contributed by atoms with E-state index in [0.717, 1.165) is 37.5 Å². The summed E-state index contributed by atoms with van der Waals surface area (Å²) in [6, 6.07) is 0. The van der Waals surface area contributed by atoms with Crippen LogP contribution in [0.4, 0.5) is 0 Å². The molecule has 0 bridgehead atoms. The van der Waals surface area contributed by atoms with Gasteiger partial charge in [-0.2, -0.15) is 0 Å². The first kappa shape index (κ1) is 14.0. The standard InChI is InChI=1S/C14H24N2OS/c1-4-15-9-12-10-18-13(16-12)14(17-3)7-5-6-11(2)8-14/h10-11,15H,4-9H2,1-3H3. The highest BCUT2D eigenvalue weighted by atomic mass is 32.1. The molecule has 0 amide bonds. The maximum Gasteiger partial charge on any atom is 0.125 e. The van der Waals surface area contributed by atoms with Crippen molar-refractivity contribution in [1.29, 1.82) is 0 Å². The average molecular weight is 268 g/mol. The van der Waals surface area contributed by atoms with Crippen molar-refractivity contribution in [3.8, 4) is 0 Å². The lowest BCUT2D eigenvalue weighted by Gasteiger charge is -2.37. The van der Waals surface area contributed by atoms with Gasteiger partial charge in [0.2, 0.25) is 0 Å². The number of ether oxygens (including phenoxy) is 1. The second-order valence-electron chi connectivity index (χ2n) is 5.32. The summed E-state index contributed by atoms with van der Waals surface area (Å²) in [7, 11) is 1.84. The van der Waals surface area contributed by atoms with Gasteiger partial charge in [0.1, 0.15) is 10.6 Å². The molecule has 1 aliphatic rings. The third-order valence-corrected chi connectivity index (χ3v) is 4.92. The van der Waals surface area contributed by atoms with E-state index in [9.17, 15) is 0 Å². The average Bonchev–Trinajstić information content (AvgIpc) is 2.85. The van der Waals surface area contributed by atoms with E-state index in [4.69, 9.17) is 9.72 Å². The summed E-state index contributed by atoms with van der Waals surface area (Å²) in [6.45, 7) is 6.29. The maximum atomic E-state index is 5.88. The number of nitrogens with one attached hydrogen (secondary N) is 1. The van der Waals surface area contributed by atoms with E-state index in [1.165, 1.54) is 17.8 Å². The van der Waals surface area contributed by atoms with Crippen molar-refractivity contribution >= 4 is 11.3 Å². The lowest BCUT2D eigenvalue weighted by molar-refractivity contribution is -0.0581. The first-order chi connectivity index (χ1) is 8.70. The molecule has 1 saturated carbocycles. The van der Waals surface area contributed by atoms with Crippen molar-refractivity contribution < 1.29 is 4.74 Å². The first-order valence-corrected chi connectivity index (χ1v) is 7.79. The van der Waals surface area contributed by atoms with Crippen LogP contribution in [0, 0.1) is 5.92 Å². The SMILES string of the molecule is CCNCc1csc(C2(OC)CCCC(C)C2)n1. The van der Waals surface area contributed by atoms with Gasteiger partial charge in [0.25, 0.3) is 0 Å². The Hall–Kier alpha value is -0.450. The highest BCUT2D eigenvalue weighted by molar-refractivity contribution is 7.09. The highest BCUT2D eigenvalue weighted by Crippen LogP contribution is 2.43. The normalized spacial score (nSPS) is 28.5. The number of hydrogen-bond donors (Lipinski definition) is 1. The fourth-order valence-electron chi connectivity index (χ4n) is 2.82. The zero-order chi connectivity index (χ0) is 13.0. The Morgan fingerprint density at radius 1 is 1.61 bits per heavy atom. The van der Waals surface area contributed by atoms with Crippen molar-refractivity contribution in [3.63, 3.8) is 0 Å². The van der Waals surface area contributed by atoms with Gasteiger partial charge >= 0.3 is 0 Å². The molecular formula is C14H24N2OS. The monoisotopic (exact) mass is 268 g/mol. The molecule has 3 nitrogen and oxygen atoms in total. The second-order valence-corrected chi connectivity index (χ2v) is 6.18. The molecule has 1 heterocycles. The second kappa shape index (κ2) is 6.13. The molecule has 1 aromatic heterocycles. The Balaban J connectivity index is 2.13. The van der Waals surface area contributed by atoms with Gasteiger partial charge in [0.05, 0.1) is 5.69 Å². The Morgan fingerprint density at radius 3 is 3.11 bits per heavy atom. The van der Waals surface area contributed by atoms with Gasteiger partial charge in [-0.05, 0) is 31.7 Å². The summed E-state index contributed by atoms with van der Waals surface area (Å²) in [5, 5.41) is 6.66. The van der Waals surface area contributed by atoms with Crippen LogP contribution in [-0.4, -0.2) is 18.6 Å². The minimum Gasteiger partial charge on any atom is -0.371 e. The number of hydrogen-bond acceptors (Lipinski definition) is 4. The van der Waals surface area contributed by atoms with Gasteiger partial charge in [0.15, 0.2) is 0 Å². The molecule has 2 rings (SSSR count). The van der Waals surface area contributed by atoms with Crippen molar-refractivity contribution in [2.45, 2.75) is 51.7 Å². The van der Waals surface area contributed by atoms with E-state index >= 15 is 0 Å². The lowest BCUT2D eigenvalue weighted by atomic mass is 9.79. The third-order valence-electron chi connectivity index (χ3n) is 3.84. The smallest absolute Gasteiger partial charge is 0.125 e. The topological polar surface area (TPSA) is 34.1 Å². The summed E-state index contributed by atoms with van der Waals surface area (Å²) < 4.78 is 5.88. The van der Waals surface area contributed by atoms with Gasteiger partial charge in [-0.1, -0.05) is 20.3 Å². The molecule has 0 aromatic carbocycles. The molecule has 1 N–H and O–H groups in total. The summed E-state index contributed by atoms with van der Waals surface area (Å²) in [6.07, 6.45) is 4.79. The summed E-state index contributed by atoms with van der Waals surface area (Å²) in [5.74, 6) is 0.736. The number of rotatable bonds is 5. The van der Waals surface area contributed by atoms with Crippen LogP contribution >= 0.6 is 11.3 Å². The molecule has 2 atom stereocenters. The predicted molar refractivity (Wildman–Crippen MR) is 75.8 cm³/mol. The van der Waals surface area contributed by atoms with E-state index in [0.29, 0.717) is 0 Å². The Labute approximate surface area is 114 Å². The van der Waals surface area contributed by atoms with E-state index in [1.54, 1.807) is 11.3 Å². The van der Waals surface area contributed by atoms with Gasteiger partial charge in [-0.25, -0.2) is 4.98 Å². The molecule has 102 valence electrons. The van der Waals surface area contributed by atoms with Crippen LogP contribution in [0.5, 0.6) is 0 Å². The fourth-order valence-corrected chi connectivity index (χ4v) is 3.86. The zero-order valence-electron chi connectivity index (χ0n) is 11.7. The molecule has 0 aliphatic heterocycles. The number of thiazole rings is 1. The summed E-state index contributed by atoms with van der Waals surface area (Å²) in [5.41, 5.74) is 1.03. The van der Waals surface area contributed by atoms with Gasteiger partial charge in [0, 0.05) is 19.0 Å². The van der Waals surface area contributed by atoms with Crippen LogP contribution in [-0.2, 0) is 16.9 Å². The van der Waals surface area contributed by atoms with Crippen molar-refractivity contribution in [2.75, 3.05) is 13.7 Å². The van der Waals surface area contributed by atoms with E-state index < -0.39 is 0 Å². The van der Waals surface area contributed by atoms with Crippen molar-refractivity contribution in [3.05, 3.63) is 16.1 Å². The fraction of sp³-hybridized carbons (Fsp3) is 0.786. The summed E-state index contributed by atoms with van der Waals surface area (Å²) in [4.78, 5) is 4.78. The Kier molecular flexibility index (Phi) is 4.76. The van der Waals surface area contributed by atoms with E-state index in [1.807, 2.05) is 7.11 Å². The molecular weight excluding hydrogens is 244 g/mol. The molecule has 1 fully saturated rings. The van der Waals surface area contributed by atoms with Crippen LogP contribution in [0.15, 0.2) is 5.38 Å². The molecule has 18 heavy (non-hydrogen) atoms. The third kappa shape index (κ3) is 2.92. The maximum absolute atomic E-state index is 5.88. The molecule has 0 spiro atoms. The quantitative estimate of drug-likeness (QED) is 0.889. The van der Waals surface area contributed by atoms with Crippen LogP contribution in [0.3, 0.4) is 0 Å². The summed E-state index contributed by atoms with van der Waals surface area (Å²) >= 11 is 1.76. The molecule has 1 aromatic rings. The van der Waals surface area contributed by atoms with Crippen LogP contribution in [0.2, 0.25) is 0 Å². The van der Waals surface area contributed by atoms with Crippen molar-refractivity contribution in [1.82, 2.24) is 10.3 Å². The first-order valence-electron chi connectivity index (χ1n) is 6.91. The van der Waals surface area contributed by atoms with E-state index in [-0.39, 0.29) is 5.60 Å². The number of nitrogens with zero attached hydrogens (tertiary/aromatic N) is 1. The molecule has 4 heteroatoms. The molecule has 0 saturated heterocycles. The molecule has 2 unspecified atom stereocenters. The van der Waals surface area contributed by atoms with Gasteiger partial charge in [-0.15, -0.1) is 11.3 Å². The number of aromatic nitrogens is 1.